The Morgan fingerprint density at radius 1 is 1.14 bits per heavy atom. The second-order valence-electron chi connectivity index (χ2n) is 7.27. The first-order valence-corrected chi connectivity index (χ1v) is 9.59. The van der Waals surface area contributed by atoms with Gasteiger partial charge in [-0.1, -0.05) is 6.07 Å². The number of nitrogens with zero attached hydrogens (tertiary/aromatic N) is 5. The zero-order chi connectivity index (χ0) is 20.5. The van der Waals surface area contributed by atoms with E-state index >= 15 is 0 Å². The van der Waals surface area contributed by atoms with Gasteiger partial charge in [-0.05, 0) is 44.0 Å². The third-order valence-electron chi connectivity index (χ3n) is 5.11. The van der Waals surface area contributed by atoms with Crippen molar-refractivity contribution in [1.29, 1.82) is 0 Å². The number of anilines is 2. The maximum absolute atomic E-state index is 13.0. The Morgan fingerprint density at radius 2 is 1.90 bits per heavy atom. The summed E-state index contributed by atoms with van der Waals surface area (Å²) >= 11 is 0. The van der Waals surface area contributed by atoms with E-state index in [-0.39, 0.29) is 12.5 Å². The van der Waals surface area contributed by atoms with Crippen molar-refractivity contribution in [2.45, 2.75) is 27.3 Å². The van der Waals surface area contributed by atoms with Crippen molar-refractivity contribution in [2.75, 3.05) is 31.6 Å². The average Bonchev–Trinajstić information content (AvgIpc) is 3.00. The van der Waals surface area contributed by atoms with Crippen LogP contribution in [0, 0.1) is 20.8 Å². The van der Waals surface area contributed by atoms with Gasteiger partial charge in [0.05, 0.1) is 13.2 Å². The molecule has 152 valence electrons. The molecule has 1 aliphatic heterocycles. The fourth-order valence-electron chi connectivity index (χ4n) is 3.33. The number of rotatable bonds is 4. The quantitative estimate of drug-likeness (QED) is 0.717. The summed E-state index contributed by atoms with van der Waals surface area (Å²) in [5, 5.41) is 7.56. The van der Waals surface area contributed by atoms with Gasteiger partial charge >= 0.3 is 5.69 Å². The van der Waals surface area contributed by atoms with Crippen LogP contribution in [0.2, 0.25) is 0 Å². The smallest absolute Gasteiger partial charge is 0.353 e. The van der Waals surface area contributed by atoms with Crippen LogP contribution >= 0.6 is 0 Å². The minimum atomic E-state index is -0.402. The van der Waals surface area contributed by atoms with Crippen LogP contribution in [0.5, 0.6) is 0 Å². The molecule has 1 amide bonds. The lowest BCUT2D eigenvalue weighted by atomic mass is 10.1. The summed E-state index contributed by atoms with van der Waals surface area (Å²) in [6.07, 6.45) is 0. The molecule has 4 rings (SSSR count). The van der Waals surface area contributed by atoms with E-state index in [2.05, 4.69) is 15.4 Å². The standard InChI is InChI=1S/C20H24N6O3/c1-13-4-5-16(10-14(13)2)22-19-21-15(3)11-17-23-25(20(28)26(17)19)12-18(27)24-6-8-29-9-7-24/h4-5,10-11H,6-9,12H2,1-3H3,(H,21,22). The van der Waals surface area contributed by atoms with Crippen molar-refractivity contribution >= 4 is 23.2 Å². The molecule has 0 saturated carbocycles. The van der Waals surface area contributed by atoms with Crippen molar-refractivity contribution in [3.05, 3.63) is 51.6 Å². The van der Waals surface area contributed by atoms with Gasteiger partial charge in [0.25, 0.3) is 0 Å². The maximum Gasteiger partial charge on any atom is 0.353 e. The van der Waals surface area contributed by atoms with E-state index in [1.165, 1.54) is 14.6 Å². The zero-order valence-electron chi connectivity index (χ0n) is 16.8. The molecule has 0 radical (unpaired) electrons. The number of hydrogen-bond acceptors (Lipinski definition) is 6. The predicted octanol–water partition coefficient (Wildman–Crippen LogP) is 1.42. The van der Waals surface area contributed by atoms with Gasteiger partial charge in [-0.15, -0.1) is 5.10 Å². The van der Waals surface area contributed by atoms with E-state index < -0.39 is 5.69 Å². The number of hydrogen-bond donors (Lipinski definition) is 1. The number of aryl methyl sites for hydroxylation is 3. The van der Waals surface area contributed by atoms with Crippen LogP contribution in [-0.2, 0) is 16.1 Å². The molecule has 9 heteroatoms. The van der Waals surface area contributed by atoms with Crippen LogP contribution in [0.1, 0.15) is 16.8 Å². The molecule has 9 nitrogen and oxygen atoms in total. The van der Waals surface area contributed by atoms with Crippen LogP contribution in [0.4, 0.5) is 11.6 Å². The van der Waals surface area contributed by atoms with Crippen LogP contribution in [0.3, 0.4) is 0 Å². The maximum atomic E-state index is 13.0. The lowest BCUT2D eigenvalue weighted by Gasteiger charge is -2.26. The van der Waals surface area contributed by atoms with Crippen LogP contribution < -0.4 is 11.0 Å². The lowest BCUT2D eigenvalue weighted by Crippen LogP contribution is -2.43. The largest absolute Gasteiger partial charge is 0.378 e. The first-order chi connectivity index (χ1) is 13.9. The molecule has 3 aromatic rings. The van der Waals surface area contributed by atoms with Crippen molar-refractivity contribution in [2.24, 2.45) is 0 Å². The van der Waals surface area contributed by atoms with E-state index in [0.29, 0.717) is 37.9 Å². The van der Waals surface area contributed by atoms with Crippen LogP contribution in [-0.4, -0.2) is 56.3 Å². The first-order valence-electron chi connectivity index (χ1n) is 9.59. The second kappa shape index (κ2) is 7.67. The molecule has 1 saturated heterocycles. The molecular weight excluding hydrogens is 372 g/mol. The number of aromatic nitrogens is 4. The normalized spacial score (nSPS) is 14.4. The minimum absolute atomic E-state index is 0.108. The number of benzene rings is 1. The molecule has 2 aromatic heterocycles. The van der Waals surface area contributed by atoms with Gasteiger partial charge in [0.2, 0.25) is 11.9 Å². The molecule has 0 bridgehead atoms. The Morgan fingerprint density at radius 3 is 2.62 bits per heavy atom. The molecule has 29 heavy (non-hydrogen) atoms. The number of nitrogens with one attached hydrogen (secondary N) is 1. The SMILES string of the molecule is Cc1cc2nn(CC(=O)N3CCOCC3)c(=O)n2c(Nc2ccc(C)c(C)c2)n1. The summed E-state index contributed by atoms with van der Waals surface area (Å²) in [5.74, 6) is 0.227. The molecule has 3 heterocycles. The molecule has 1 aliphatic rings. The van der Waals surface area contributed by atoms with Gasteiger partial charge in [0, 0.05) is 30.5 Å². The van der Waals surface area contributed by atoms with Gasteiger partial charge in [-0.25, -0.2) is 18.9 Å². The summed E-state index contributed by atoms with van der Waals surface area (Å²) in [6.45, 7) is 7.89. The second-order valence-corrected chi connectivity index (χ2v) is 7.27. The summed E-state index contributed by atoms with van der Waals surface area (Å²) in [7, 11) is 0. The van der Waals surface area contributed by atoms with Crippen molar-refractivity contribution < 1.29 is 9.53 Å². The van der Waals surface area contributed by atoms with E-state index in [4.69, 9.17) is 4.74 Å². The topological polar surface area (TPSA) is 93.8 Å². The molecule has 1 fully saturated rings. The third-order valence-corrected chi connectivity index (χ3v) is 5.11. The van der Waals surface area contributed by atoms with Gasteiger partial charge in [0.1, 0.15) is 6.54 Å². The Kier molecular flexibility index (Phi) is 5.06. The highest BCUT2D eigenvalue weighted by Crippen LogP contribution is 2.19. The highest BCUT2D eigenvalue weighted by molar-refractivity contribution is 5.76. The van der Waals surface area contributed by atoms with Gasteiger partial charge in [-0.2, -0.15) is 0 Å². The lowest BCUT2D eigenvalue weighted by molar-refractivity contribution is -0.136. The highest BCUT2D eigenvalue weighted by Gasteiger charge is 2.20. The van der Waals surface area contributed by atoms with Crippen LogP contribution in [0.15, 0.2) is 29.1 Å². The Hall–Kier alpha value is -3.20. The number of ether oxygens (including phenoxy) is 1. The highest BCUT2D eigenvalue weighted by atomic mass is 16.5. The van der Waals surface area contributed by atoms with Gasteiger partial charge in [-0.3, -0.25) is 4.79 Å². The predicted molar refractivity (Wildman–Crippen MR) is 109 cm³/mol. The van der Waals surface area contributed by atoms with Crippen molar-refractivity contribution in [3.63, 3.8) is 0 Å². The van der Waals surface area contributed by atoms with Crippen LogP contribution in [0.25, 0.3) is 5.65 Å². The van der Waals surface area contributed by atoms with E-state index in [1.807, 2.05) is 39.0 Å². The monoisotopic (exact) mass is 396 g/mol. The van der Waals surface area contributed by atoms with E-state index in [9.17, 15) is 9.59 Å². The number of fused-ring (bicyclic) bond motifs is 1. The van der Waals surface area contributed by atoms with Gasteiger partial charge < -0.3 is 15.0 Å². The van der Waals surface area contributed by atoms with Crippen molar-refractivity contribution in [3.8, 4) is 0 Å². The Labute approximate surface area is 167 Å². The summed E-state index contributed by atoms with van der Waals surface area (Å²) < 4.78 is 7.87. The fraction of sp³-hybridized carbons (Fsp3) is 0.400. The molecule has 0 spiro atoms. The molecule has 0 aliphatic carbocycles. The Balaban J connectivity index is 1.67. The van der Waals surface area contributed by atoms with Crippen molar-refractivity contribution in [1.82, 2.24) is 24.1 Å². The first kappa shape index (κ1) is 19.1. The van der Waals surface area contributed by atoms with E-state index in [0.717, 1.165) is 16.9 Å². The fourth-order valence-corrected chi connectivity index (χ4v) is 3.33. The van der Waals surface area contributed by atoms with Gasteiger partial charge in [0.15, 0.2) is 5.65 Å². The number of carbonyl (C=O) groups is 1. The summed E-state index contributed by atoms with van der Waals surface area (Å²) in [6, 6.07) is 7.68. The molecule has 0 atom stereocenters. The average molecular weight is 396 g/mol. The zero-order valence-corrected chi connectivity index (χ0v) is 16.8. The number of carbonyl (C=O) groups excluding carboxylic acids is 1. The van der Waals surface area contributed by atoms with E-state index in [1.54, 1.807) is 11.0 Å². The summed E-state index contributed by atoms with van der Waals surface area (Å²) in [4.78, 5) is 31.7. The number of morpholine rings is 1. The molecule has 1 aromatic carbocycles. The third kappa shape index (κ3) is 3.86. The minimum Gasteiger partial charge on any atom is -0.378 e. The number of amides is 1. The summed E-state index contributed by atoms with van der Waals surface area (Å²) in [5.41, 5.74) is 3.92. The Bertz CT molecular complexity index is 1130. The molecule has 1 N–H and O–H groups in total. The molecular formula is C20H24N6O3. The molecule has 0 unspecified atom stereocenters.